The summed E-state index contributed by atoms with van der Waals surface area (Å²) in [7, 11) is 4.22. The van der Waals surface area contributed by atoms with Crippen LogP contribution in [0.15, 0.2) is 18.3 Å². The van der Waals surface area contributed by atoms with Gasteiger partial charge >= 0.3 is 0 Å². The number of nitrogens with one attached hydrogen (secondary N) is 1. The molecule has 0 unspecified atom stereocenters. The van der Waals surface area contributed by atoms with Crippen LogP contribution in [0.4, 0.5) is 0 Å². The van der Waals surface area contributed by atoms with Gasteiger partial charge in [0.15, 0.2) is 0 Å². The molecule has 0 spiro atoms. The lowest BCUT2D eigenvalue weighted by atomic mass is 9.96. The summed E-state index contributed by atoms with van der Waals surface area (Å²) in [5.41, 5.74) is 2.09. The summed E-state index contributed by atoms with van der Waals surface area (Å²) < 4.78 is 0. The largest absolute Gasteiger partial charge is 0.354 e. The number of hydrogen-bond donors (Lipinski definition) is 1. The van der Waals surface area contributed by atoms with Crippen molar-refractivity contribution in [1.29, 1.82) is 0 Å². The predicted molar refractivity (Wildman–Crippen MR) is 80.6 cm³/mol. The van der Waals surface area contributed by atoms with Gasteiger partial charge in [-0.2, -0.15) is 0 Å². The fourth-order valence-electron chi connectivity index (χ4n) is 3.00. The summed E-state index contributed by atoms with van der Waals surface area (Å²) in [5.74, 6) is 0.0694. The Labute approximate surface area is 121 Å². The predicted octanol–water partition coefficient (Wildman–Crippen LogP) is 1.92. The maximum absolute atomic E-state index is 12.1. The number of amides is 1. The Morgan fingerprint density at radius 1 is 1.40 bits per heavy atom. The molecule has 1 aromatic heterocycles. The van der Waals surface area contributed by atoms with Crippen molar-refractivity contribution in [2.45, 2.75) is 44.6 Å². The van der Waals surface area contributed by atoms with Crippen LogP contribution in [0.1, 0.15) is 36.9 Å². The Bertz CT molecular complexity index is 465. The fraction of sp³-hybridized carbons (Fsp3) is 0.625. The molecule has 1 heterocycles. The van der Waals surface area contributed by atoms with Crippen molar-refractivity contribution in [2.24, 2.45) is 0 Å². The van der Waals surface area contributed by atoms with Gasteiger partial charge in [-0.05, 0) is 45.5 Å². The molecule has 1 saturated carbocycles. The van der Waals surface area contributed by atoms with Crippen LogP contribution in [0.25, 0.3) is 0 Å². The SMILES string of the molecule is Cc1cccnc1CC(=O)NCC1(N(C)C)CCCC1. The van der Waals surface area contributed by atoms with Gasteiger partial charge in [0.05, 0.1) is 12.1 Å². The van der Waals surface area contributed by atoms with E-state index in [1.54, 1.807) is 6.20 Å². The van der Waals surface area contributed by atoms with E-state index in [4.69, 9.17) is 0 Å². The lowest BCUT2D eigenvalue weighted by Crippen LogP contribution is -2.51. The van der Waals surface area contributed by atoms with Crippen LogP contribution in [0.3, 0.4) is 0 Å². The second kappa shape index (κ2) is 6.35. The lowest BCUT2D eigenvalue weighted by molar-refractivity contribution is -0.121. The lowest BCUT2D eigenvalue weighted by Gasteiger charge is -2.36. The topological polar surface area (TPSA) is 45.2 Å². The molecular formula is C16H25N3O. The molecule has 0 aliphatic heterocycles. The number of likely N-dealkylation sites (N-methyl/N-ethyl adjacent to an activating group) is 1. The van der Waals surface area contributed by atoms with Crippen molar-refractivity contribution in [3.05, 3.63) is 29.6 Å². The molecule has 0 bridgehead atoms. The molecule has 0 saturated heterocycles. The van der Waals surface area contributed by atoms with E-state index in [0.717, 1.165) is 17.8 Å². The zero-order valence-corrected chi connectivity index (χ0v) is 12.8. The van der Waals surface area contributed by atoms with E-state index in [0.29, 0.717) is 6.42 Å². The number of carbonyl (C=O) groups is 1. The molecule has 1 fully saturated rings. The third-order valence-corrected chi connectivity index (χ3v) is 4.54. The number of hydrogen-bond acceptors (Lipinski definition) is 3. The molecule has 2 rings (SSSR count). The average molecular weight is 275 g/mol. The maximum Gasteiger partial charge on any atom is 0.226 e. The standard InChI is InChI=1S/C16H25N3O/c1-13-7-6-10-17-14(13)11-15(20)18-12-16(19(2)3)8-4-5-9-16/h6-7,10H,4-5,8-9,11-12H2,1-3H3,(H,18,20). The van der Waals surface area contributed by atoms with Gasteiger partial charge in [-0.15, -0.1) is 0 Å². The smallest absolute Gasteiger partial charge is 0.226 e. The van der Waals surface area contributed by atoms with Gasteiger partial charge in [-0.3, -0.25) is 9.78 Å². The molecule has 1 amide bonds. The highest BCUT2D eigenvalue weighted by Crippen LogP contribution is 2.33. The van der Waals surface area contributed by atoms with Crippen LogP contribution in [0.5, 0.6) is 0 Å². The number of carbonyl (C=O) groups excluding carboxylic acids is 1. The molecule has 0 atom stereocenters. The first kappa shape index (κ1) is 15.0. The number of aryl methyl sites for hydroxylation is 1. The van der Waals surface area contributed by atoms with Gasteiger partial charge in [-0.25, -0.2) is 0 Å². The minimum absolute atomic E-state index is 0.0694. The Kier molecular flexibility index (Phi) is 4.76. The first-order valence-corrected chi connectivity index (χ1v) is 7.38. The Hall–Kier alpha value is -1.42. The highest BCUT2D eigenvalue weighted by atomic mass is 16.1. The van der Waals surface area contributed by atoms with Crippen molar-refractivity contribution in [3.8, 4) is 0 Å². The zero-order valence-electron chi connectivity index (χ0n) is 12.8. The molecule has 1 aromatic rings. The van der Waals surface area contributed by atoms with Crippen molar-refractivity contribution in [2.75, 3.05) is 20.6 Å². The van der Waals surface area contributed by atoms with Crippen molar-refractivity contribution in [1.82, 2.24) is 15.2 Å². The third kappa shape index (κ3) is 3.37. The number of rotatable bonds is 5. The quantitative estimate of drug-likeness (QED) is 0.893. The minimum Gasteiger partial charge on any atom is -0.354 e. The molecule has 0 aromatic carbocycles. The Morgan fingerprint density at radius 3 is 2.70 bits per heavy atom. The van der Waals surface area contributed by atoms with E-state index < -0.39 is 0 Å². The van der Waals surface area contributed by atoms with Crippen molar-refractivity contribution in [3.63, 3.8) is 0 Å². The van der Waals surface area contributed by atoms with E-state index in [-0.39, 0.29) is 11.4 Å². The van der Waals surface area contributed by atoms with Crippen molar-refractivity contribution < 1.29 is 4.79 Å². The third-order valence-electron chi connectivity index (χ3n) is 4.54. The minimum atomic E-state index is 0.0694. The summed E-state index contributed by atoms with van der Waals surface area (Å²) in [6, 6.07) is 3.89. The highest BCUT2D eigenvalue weighted by molar-refractivity contribution is 5.78. The van der Waals surface area contributed by atoms with Gasteiger partial charge < -0.3 is 10.2 Å². The summed E-state index contributed by atoms with van der Waals surface area (Å²) in [6.07, 6.45) is 6.97. The van der Waals surface area contributed by atoms with Gasteiger partial charge in [0.2, 0.25) is 5.91 Å². The molecule has 1 N–H and O–H groups in total. The second-order valence-electron chi connectivity index (χ2n) is 6.05. The van der Waals surface area contributed by atoms with E-state index in [1.807, 2.05) is 19.1 Å². The molecule has 0 radical (unpaired) electrons. The molecule has 1 aliphatic carbocycles. The molecule has 110 valence electrons. The second-order valence-corrected chi connectivity index (χ2v) is 6.05. The molecule has 4 nitrogen and oxygen atoms in total. The first-order chi connectivity index (χ1) is 9.53. The van der Waals surface area contributed by atoms with Gasteiger partial charge in [0, 0.05) is 18.3 Å². The summed E-state index contributed by atoms with van der Waals surface area (Å²) in [5, 5.41) is 3.10. The monoisotopic (exact) mass is 275 g/mol. The Morgan fingerprint density at radius 2 is 2.10 bits per heavy atom. The van der Waals surface area contributed by atoms with Crippen LogP contribution in [-0.2, 0) is 11.2 Å². The van der Waals surface area contributed by atoms with Gasteiger partial charge in [0.25, 0.3) is 0 Å². The van der Waals surface area contributed by atoms with Crippen LogP contribution in [-0.4, -0.2) is 42.0 Å². The fourth-order valence-corrected chi connectivity index (χ4v) is 3.00. The van der Waals surface area contributed by atoms with E-state index in [9.17, 15) is 4.79 Å². The van der Waals surface area contributed by atoms with Gasteiger partial charge in [0.1, 0.15) is 0 Å². The first-order valence-electron chi connectivity index (χ1n) is 7.38. The molecular weight excluding hydrogens is 250 g/mol. The molecule has 1 aliphatic rings. The zero-order chi connectivity index (χ0) is 14.6. The summed E-state index contributed by atoms with van der Waals surface area (Å²) in [4.78, 5) is 18.7. The number of nitrogens with zero attached hydrogens (tertiary/aromatic N) is 2. The molecule has 4 heteroatoms. The maximum atomic E-state index is 12.1. The van der Waals surface area contributed by atoms with Crippen LogP contribution in [0.2, 0.25) is 0 Å². The Balaban J connectivity index is 1.90. The normalized spacial score (nSPS) is 17.4. The highest BCUT2D eigenvalue weighted by Gasteiger charge is 2.36. The van der Waals surface area contributed by atoms with Crippen LogP contribution >= 0.6 is 0 Å². The summed E-state index contributed by atoms with van der Waals surface area (Å²) in [6.45, 7) is 2.73. The van der Waals surface area contributed by atoms with E-state index in [1.165, 1.54) is 25.7 Å². The van der Waals surface area contributed by atoms with Crippen molar-refractivity contribution >= 4 is 5.91 Å². The van der Waals surface area contributed by atoms with E-state index >= 15 is 0 Å². The van der Waals surface area contributed by atoms with Crippen LogP contribution < -0.4 is 5.32 Å². The summed E-state index contributed by atoms with van der Waals surface area (Å²) >= 11 is 0. The number of aromatic nitrogens is 1. The molecule has 20 heavy (non-hydrogen) atoms. The number of pyridine rings is 1. The van der Waals surface area contributed by atoms with E-state index in [2.05, 4.69) is 29.3 Å². The van der Waals surface area contributed by atoms with Crippen LogP contribution in [0, 0.1) is 6.92 Å². The van der Waals surface area contributed by atoms with Gasteiger partial charge in [-0.1, -0.05) is 18.9 Å². The average Bonchev–Trinajstić information content (AvgIpc) is 2.89.